The highest BCUT2D eigenvalue weighted by atomic mass is 16.5. The van der Waals surface area contributed by atoms with Crippen LogP contribution in [-0.4, -0.2) is 42.8 Å². The molecule has 0 saturated carbocycles. The summed E-state index contributed by atoms with van der Waals surface area (Å²) in [5, 5.41) is 0. The second-order valence-electron chi connectivity index (χ2n) is 4.46. The quantitative estimate of drug-likeness (QED) is 0.643. The summed E-state index contributed by atoms with van der Waals surface area (Å²) in [4.78, 5) is 2.38. The molecule has 3 nitrogen and oxygen atoms in total. The van der Waals surface area contributed by atoms with Gasteiger partial charge in [-0.1, -0.05) is 0 Å². The lowest BCUT2D eigenvalue weighted by Crippen LogP contribution is -2.66. The van der Waals surface area contributed by atoms with Gasteiger partial charge in [0.15, 0.2) is 0 Å². The minimum atomic E-state index is 0.0681. The molecule has 70 valence electrons. The molecule has 0 bridgehead atoms. The van der Waals surface area contributed by atoms with E-state index < -0.39 is 0 Å². The first-order chi connectivity index (χ1) is 5.66. The number of hydrogen-bond donors (Lipinski definition) is 1. The maximum atomic E-state index is 5.90. The molecule has 2 aliphatic rings. The summed E-state index contributed by atoms with van der Waals surface area (Å²) in [6.07, 6.45) is 2.96. The molecule has 0 aromatic rings. The molecule has 2 N–H and O–H groups in total. The Kier molecular flexibility index (Phi) is 2.10. The molecule has 3 heteroatoms. The molecule has 0 amide bonds. The van der Waals surface area contributed by atoms with Gasteiger partial charge in [0, 0.05) is 31.8 Å². The Morgan fingerprint density at radius 3 is 2.83 bits per heavy atom. The van der Waals surface area contributed by atoms with E-state index in [4.69, 9.17) is 10.5 Å². The van der Waals surface area contributed by atoms with Gasteiger partial charge in [0.05, 0.1) is 6.10 Å². The number of ether oxygens (including phenoxy) is 1. The first-order valence-electron chi connectivity index (χ1n) is 4.79. The van der Waals surface area contributed by atoms with Gasteiger partial charge in [-0.15, -0.1) is 0 Å². The predicted octanol–water partition coefficient (Wildman–Crippen LogP) is 0.198. The van der Waals surface area contributed by atoms with E-state index in [9.17, 15) is 0 Å². The Bertz CT molecular complexity index is 156. The Morgan fingerprint density at radius 1 is 1.58 bits per heavy atom. The lowest BCUT2D eigenvalue weighted by atomic mass is 9.93. The molecule has 1 atom stereocenters. The fourth-order valence-electron chi connectivity index (χ4n) is 2.18. The number of rotatable bonds is 2. The van der Waals surface area contributed by atoms with Crippen LogP contribution in [0.1, 0.15) is 19.8 Å². The molecule has 0 radical (unpaired) electrons. The van der Waals surface area contributed by atoms with Crippen LogP contribution in [0.2, 0.25) is 0 Å². The van der Waals surface area contributed by atoms with Gasteiger partial charge in [0.2, 0.25) is 0 Å². The van der Waals surface area contributed by atoms with Gasteiger partial charge in [0.1, 0.15) is 0 Å². The molecule has 12 heavy (non-hydrogen) atoms. The zero-order valence-electron chi connectivity index (χ0n) is 7.75. The highest BCUT2D eigenvalue weighted by Crippen LogP contribution is 2.20. The van der Waals surface area contributed by atoms with Crippen LogP contribution < -0.4 is 5.73 Å². The Morgan fingerprint density at radius 2 is 2.33 bits per heavy atom. The summed E-state index contributed by atoms with van der Waals surface area (Å²) in [7, 11) is 0. The number of hydrogen-bond acceptors (Lipinski definition) is 3. The Labute approximate surface area is 73.9 Å². The summed E-state index contributed by atoms with van der Waals surface area (Å²) in [6, 6.07) is 0. The van der Waals surface area contributed by atoms with E-state index in [1.807, 2.05) is 0 Å². The fourth-order valence-corrected chi connectivity index (χ4v) is 2.18. The first kappa shape index (κ1) is 8.48. The van der Waals surface area contributed by atoms with Crippen molar-refractivity contribution in [2.45, 2.75) is 31.4 Å². The fraction of sp³-hybridized carbons (Fsp3) is 1.00. The van der Waals surface area contributed by atoms with E-state index in [0.717, 1.165) is 26.2 Å². The normalized spacial score (nSPS) is 35.0. The Balaban J connectivity index is 1.69. The highest BCUT2D eigenvalue weighted by molar-refractivity contribution is 4.96. The molecule has 2 fully saturated rings. The van der Waals surface area contributed by atoms with E-state index in [1.165, 1.54) is 12.8 Å². The van der Waals surface area contributed by atoms with Gasteiger partial charge in [-0.3, -0.25) is 4.90 Å². The van der Waals surface area contributed by atoms with Gasteiger partial charge in [-0.25, -0.2) is 0 Å². The van der Waals surface area contributed by atoms with Crippen molar-refractivity contribution in [1.82, 2.24) is 4.90 Å². The predicted molar refractivity (Wildman–Crippen MR) is 48.0 cm³/mol. The minimum Gasteiger partial charge on any atom is -0.377 e. The molecule has 2 heterocycles. The minimum absolute atomic E-state index is 0.0681. The summed E-state index contributed by atoms with van der Waals surface area (Å²) in [5.74, 6) is 0. The van der Waals surface area contributed by atoms with Crippen molar-refractivity contribution in [3.8, 4) is 0 Å². The lowest BCUT2D eigenvalue weighted by Gasteiger charge is -2.46. The van der Waals surface area contributed by atoms with Gasteiger partial charge in [-0.05, 0) is 19.8 Å². The number of nitrogens with two attached hydrogens (primary N) is 1. The zero-order valence-corrected chi connectivity index (χ0v) is 7.75. The number of nitrogens with zero attached hydrogens (tertiary/aromatic N) is 1. The molecule has 2 aliphatic heterocycles. The summed E-state index contributed by atoms with van der Waals surface area (Å²) in [6.45, 7) is 6.23. The van der Waals surface area contributed by atoms with Crippen LogP contribution in [0.4, 0.5) is 0 Å². The van der Waals surface area contributed by atoms with Crippen molar-refractivity contribution in [2.24, 2.45) is 5.73 Å². The maximum Gasteiger partial charge on any atom is 0.0702 e. The molecule has 0 aliphatic carbocycles. The molecular formula is C9H18N2O. The molecule has 1 unspecified atom stereocenters. The van der Waals surface area contributed by atoms with Crippen LogP contribution in [0.25, 0.3) is 0 Å². The lowest BCUT2D eigenvalue weighted by molar-refractivity contribution is 0.0172. The van der Waals surface area contributed by atoms with Crippen LogP contribution >= 0.6 is 0 Å². The van der Waals surface area contributed by atoms with Crippen molar-refractivity contribution >= 4 is 0 Å². The third kappa shape index (κ3) is 1.79. The van der Waals surface area contributed by atoms with Crippen molar-refractivity contribution < 1.29 is 4.74 Å². The monoisotopic (exact) mass is 170 g/mol. The molecule has 2 saturated heterocycles. The van der Waals surface area contributed by atoms with E-state index in [-0.39, 0.29) is 5.54 Å². The van der Waals surface area contributed by atoms with Crippen molar-refractivity contribution in [3.05, 3.63) is 0 Å². The van der Waals surface area contributed by atoms with Gasteiger partial charge in [-0.2, -0.15) is 0 Å². The van der Waals surface area contributed by atoms with Crippen molar-refractivity contribution in [3.63, 3.8) is 0 Å². The molecule has 0 spiro atoms. The van der Waals surface area contributed by atoms with E-state index in [0.29, 0.717) is 6.10 Å². The van der Waals surface area contributed by atoms with E-state index in [1.54, 1.807) is 0 Å². The maximum absolute atomic E-state index is 5.90. The van der Waals surface area contributed by atoms with Crippen molar-refractivity contribution in [2.75, 3.05) is 26.2 Å². The smallest absolute Gasteiger partial charge is 0.0702 e. The first-order valence-corrected chi connectivity index (χ1v) is 4.79. The summed E-state index contributed by atoms with van der Waals surface area (Å²) < 4.78 is 5.54. The molecular weight excluding hydrogens is 152 g/mol. The average molecular weight is 170 g/mol. The van der Waals surface area contributed by atoms with Crippen LogP contribution in [0.3, 0.4) is 0 Å². The highest BCUT2D eigenvalue weighted by Gasteiger charge is 2.36. The zero-order chi connectivity index (χ0) is 8.60. The summed E-state index contributed by atoms with van der Waals surface area (Å²) in [5.41, 5.74) is 5.97. The largest absolute Gasteiger partial charge is 0.377 e. The Hall–Kier alpha value is -0.120. The SMILES string of the molecule is CC1(N)CN(CC2CCCO2)C1. The molecule has 0 aromatic carbocycles. The topological polar surface area (TPSA) is 38.5 Å². The van der Waals surface area contributed by atoms with Crippen LogP contribution in [0.5, 0.6) is 0 Å². The third-order valence-corrected chi connectivity index (χ3v) is 2.66. The van der Waals surface area contributed by atoms with Crippen LogP contribution in [-0.2, 0) is 4.74 Å². The second-order valence-corrected chi connectivity index (χ2v) is 4.46. The molecule has 0 aromatic heterocycles. The van der Waals surface area contributed by atoms with Gasteiger partial charge in [0.25, 0.3) is 0 Å². The van der Waals surface area contributed by atoms with Crippen LogP contribution in [0.15, 0.2) is 0 Å². The van der Waals surface area contributed by atoms with Crippen LogP contribution in [0, 0.1) is 0 Å². The standard InChI is InChI=1S/C9H18N2O/c1-9(10)6-11(7-9)5-8-3-2-4-12-8/h8H,2-7,10H2,1H3. The van der Waals surface area contributed by atoms with Gasteiger partial charge >= 0.3 is 0 Å². The molecule has 2 rings (SSSR count). The summed E-state index contributed by atoms with van der Waals surface area (Å²) >= 11 is 0. The second kappa shape index (κ2) is 2.98. The third-order valence-electron chi connectivity index (χ3n) is 2.66. The average Bonchev–Trinajstić information content (AvgIpc) is 2.35. The van der Waals surface area contributed by atoms with E-state index in [2.05, 4.69) is 11.8 Å². The van der Waals surface area contributed by atoms with Crippen molar-refractivity contribution in [1.29, 1.82) is 0 Å². The van der Waals surface area contributed by atoms with E-state index >= 15 is 0 Å². The number of likely N-dealkylation sites (tertiary alicyclic amines) is 1. The van der Waals surface area contributed by atoms with Gasteiger partial charge < -0.3 is 10.5 Å².